The Morgan fingerprint density at radius 3 is 2.23 bits per heavy atom. The van der Waals surface area contributed by atoms with Gasteiger partial charge in [-0.3, -0.25) is 9.36 Å². The second kappa shape index (κ2) is 6.86. The Bertz CT molecular complexity index is 1310. The first-order chi connectivity index (χ1) is 14.3. The van der Waals surface area contributed by atoms with Gasteiger partial charge in [0.2, 0.25) is 5.75 Å². The monoisotopic (exact) mass is 422 g/mol. The van der Waals surface area contributed by atoms with E-state index in [1.807, 2.05) is 0 Å². The van der Waals surface area contributed by atoms with Crippen LogP contribution in [0.3, 0.4) is 0 Å². The molecule has 0 saturated carbocycles. The highest BCUT2D eigenvalue weighted by Crippen LogP contribution is 2.39. The molecule has 0 amide bonds. The van der Waals surface area contributed by atoms with Crippen LogP contribution in [0.15, 0.2) is 29.2 Å². The molecule has 4 rings (SSSR count). The third-order valence-corrected chi connectivity index (χ3v) is 4.28. The molecule has 3 heterocycles. The first-order valence-electron chi connectivity index (χ1n) is 8.31. The van der Waals surface area contributed by atoms with E-state index in [4.69, 9.17) is 14.2 Å². The smallest absolute Gasteiger partial charge is 0.453 e. The lowest BCUT2D eigenvalue weighted by atomic mass is 10.2. The van der Waals surface area contributed by atoms with E-state index in [9.17, 15) is 18.0 Å². The molecule has 0 aliphatic heterocycles. The van der Waals surface area contributed by atoms with Crippen LogP contribution in [-0.4, -0.2) is 50.7 Å². The minimum absolute atomic E-state index is 0.0247. The van der Waals surface area contributed by atoms with Crippen LogP contribution >= 0.6 is 0 Å². The van der Waals surface area contributed by atoms with Crippen LogP contribution in [0.4, 0.5) is 13.2 Å². The van der Waals surface area contributed by atoms with Crippen LogP contribution in [0, 0.1) is 0 Å². The number of hydrogen-bond acceptors (Lipinski definition) is 8. The fraction of sp³-hybridized carbons (Fsp3) is 0.235. The van der Waals surface area contributed by atoms with Gasteiger partial charge >= 0.3 is 6.18 Å². The number of benzene rings is 1. The van der Waals surface area contributed by atoms with E-state index in [1.165, 1.54) is 50.3 Å². The summed E-state index contributed by atoms with van der Waals surface area (Å²) >= 11 is 0. The Hall–Kier alpha value is -3.90. The molecule has 156 valence electrons. The Labute approximate surface area is 165 Å². The van der Waals surface area contributed by atoms with Crippen LogP contribution in [0.5, 0.6) is 17.2 Å². The predicted molar refractivity (Wildman–Crippen MR) is 96.3 cm³/mol. The Morgan fingerprint density at radius 1 is 1.00 bits per heavy atom. The largest absolute Gasteiger partial charge is 0.493 e. The normalized spacial score (nSPS) is 11.8. The molecule has 4 aromatic rings. The number of nitrogens with zero attached hydrogens (tertiary/aromatic N) is 6. The van der Waals surface area contributed by atoms with Gasteiger partial charge in [-0.05, 0) is 6.07 Å². The molecule has 30 heavy (non-hydrogen) atoms. The third-order valence-electron chi connectivity index (χ3n) is 4.28. The van der Waals surface area contributed by atoms with E-state index in [2.05, 4.69) is 20.3 Å². The maximum absolute atomic E-state index is 13.0. The highest BCUT2D eigenvalue weighted by Gasteiger charge is 2.37. The molecule has 0 unspecified atom stereocenters. The lowest BCUT2D eigenvalue weighted by Crippen LogP contribution is -2.20. The predicted octanol–water partition coefficient (Wildman–Crippen LogP) is 1.87. The first kappa shape index (κ1) is 19.4. The third kappa shape index (κ3) is 2.94. The number of rotatable bonds is 4. The molecule has 3 aromatic heterocycles. The average molecular weight is 422 g/mol. The molecule has 0 fully saturated rings. The zero-order valence-corrected chi connectivity index (χ0v) is 15.8. The standard InChI is InChI=1S/C17H13F3N6O4/c1-28-10-6-8(7-11(29-2)13(10)30-3)25-5-4-9-12(14(25)27)22-23-16-21-15(17(18,19)20)24-26(9)16/h4-7H,1-3H3. The number of fused-ring (bicyclic) bond motifs is 3. The van der Waals surface area contributed by atoms with Crippen LogP contribution in [0.1, 0.15) is 5.82 Å². The molecule has 13 heteroatoms. The van der Waals surface area contributed by atoms with E-state index in [0.717, 1.165) is 4.52 Å². The topological polar surface area (TPSA) is 106 Å². The van der Waals surface area contributed by atoms with Crippen LogP contribution in [0.2, 0.25) is 0 Å². The summed E-state index contributed by atoms with van der Waals surface area (Å²) in [5.74, 6) is -0.794. The van der Waals surface area contributed by atoms with Crippen molar-refractivity contribution < 1.29 is 27.4 Å². The number of pyridine rings is 1. The van der Waals surface area contributed by atoms with Crippen LogP contribution < -0.4 is 19.8 Å². The van der Waals surface area contributed by atoms with Gasteiger partial charge in [-0.2, -0.15) is 22.7 Å². The molecule has 0 aliphatic rings. The van der Waals surface area contributed by atoms with Crippen molar-refractivity contribution in [1.82, 2.24) is 29.4 Å². The fourth-order valence-electron chi connectivity index (χ4n) is 2.93. The quantitative estimate of drug-likeness (QED) is 0.491. The summed E-state index contributed by atoms with van der Waals surface area (Å²) in [6.45, 7) is 0. The molecule has 0 atom stereocenters. The molecule has 0 radical (unpaired) electrons. The van der Waals surface area contributed by atoms with Crippen LogP contribution in [0.25, 0.3) is 22.5 Å². The van der Waals surface area contributed by atoms with E-state index < -0.39 is 17.6 Å². The molecule has 0 bridgehead atoms. The van der Waals surface area contributed by atoms with Gasteiger partial charge < -0.3 is 14.2 Å². The number of hydrogen-bond donors (Lipinski definition) is 0. The molecular formula is C17H13F3N6O4. The maximum atomic E-state index is 13.0. The fourth-order valence-corrected chi connectivity index (χ4v) is 2.93. The van der Waals surface area contributed by atoms with Crippen molar-refractivity contribution in [2.45, 2.75) is 6.18 Å². The number of methoxy groups -OCH3 is 3. The average Bonchev–Trinajstić information content (AvgIpc) is 3.18. The number of halogens is 3. The lowest BCUT2D eigenvalue weighted by Gasteiger charge is -2.15. The van der Waals surface area contributed by atoms with E-state index in [1.54, 1.807) is 0 Å². The van der Waals surface area contributed by atoms with Gasteiger partial charge in [-0.25, -0.2) is 0 Å². The Balaban J connectivity index is 1.95. The van der Waals surface area contributed by atoms with E-state index in [0.29, 0.717) is 22.9 Å². The summed E-state index contributed by atoms with van der Waals surface area (Å²) in [5, 5.41) is 10.7. The molecule has 0 aliphatic carbocycles. The summed E-state index contributed by atoms with van der Waals surface area (Å²) in [6.07, 6.45) is -3.40. The summed E-state index contributed by atoms with van der Waals surface area (Å²) in [6, 6.07) is 4.46. The molecule has 0 saturated heterocycles. The van der Waals surface area contributed by atoms with Crippen molar-refractivity contribution >= 4 is 16.8 Å². The Morgan fingerprint density at radius 2 is 1.67 bits per heavy atom. The maximum Gasteiger partial charge on any atom is 0.453 e. The summed E-state index contributed by atoms with van der Waals surface area (Å²) in [7, 11) is 4.29. The van der Waals surface area contributed by atoms with Crippen molar-refractivity contribution in [2.75, 3.05) is 21.3 Å². The van der Waals surface area contributed by atoms with Gasteiger partial charge in [0.05, 0.1) is 27.0 Å². The molecule has 0 N–H and O–H groups in total. The van der Waals surface area contributed by atoms with Gasteiger partial charge in [0.1, 0.15) is 5.52 Å². The Kier molecular flexibility index (Phi) is 4.44. The lowest BCUT2D eigenvalue weighted by molar-refractivity contribution is -0.144. The molecule has 0 spiro atoms. The number of ether oxygens (including phenoxy) is 3. The minimum Gasteiger partial charge on any atom is -0.493 e. The minimum atomic E-state index is -4.76. The zero-order chi connectivity index (χ0) is 21.6. The SMILES string of the molecule is COc1cc(-n2ccc3c(nnc4nc(C(F)(F)F)nn43)c2=O)cc(OC)c1OC. The van der Waals surface area contributed by atoms with Gasteiger partial charge in [-0.15, -0.1) is 15.3 Å². The van der Waals surface area contributed by atoms with Gasteiger partial charge in [0.25, 0.3) is 17.2 Å². The van der Waals surface area contributed by atoms with Crippen molar-refractivity contribution in [2.24, 2.45) is 0 Å². The molecule has 10 nitrogen and oxygen atoms in total. The van der Waals surface area contributed by atoms with E-state index in [-0.39, 0.29) is 16.8 Å². The van der Waals surface area contributed by atoms with Crippen molar-refractivity contribution in [3.05, 3.63) is 40.6 Å². The van der Waals surface area contributed by atoms with Crippen molar-refractivity contribution in [3.63, 3.8) is 0 Å². The van der Waals surface area contributed by atoms with Crippen molar-refractivity contribution in [1.29, 1.82) is 0 Å². The highest BCUT2D eigenvalue weighted by molar-refractivity contribution is 5.75. The number of aromatic nitrogens is 6. The second-order valence-electron chi connectivity index (χ2n) is 5.95. The highest BCUT2D eigenvalue weighted by atomic mass is 19.4. The molecular weight excluding hydrogens is 409 g/mol. The zero-order valence-electron chi connectivity index (χ0n) is 15.8. The number of alkyl halides is 3. The summed E-state index contributed by atoms with van der Waals surface area (Å²) in [4.78, 5) is 16.3. The summed E-state index contributed by atoms with van der Waals surface area (Å²) < 4.78 is 56.6. The second-order valence-corrected chi connectivity index (χ2v) is 5.95. The van der Waals surface area contributed by atoms with Crippen LogP contribution in [-0.2, 0) is 6.18 Å². The van der Waals surface area contributed by atoms with Gasteiger partial charge in [0.15, 0.2) is 17.0 Å². The van der Waals surface area contributed by atoms with Gasteiger partial charge in [0, 0.05) is 18.3 Å². The first-order valence-corrected chi connectivity index (χ1v) is 8.31. The molecule has 1 aromatic carbocycles. The van der Waals surface area contributed by atoms with E-state index >= 15 is 0 Å². The van der Waals surface area contributed by atoms with Gasteiger partial charge in [-0.1, -0.05) is 0 Å². The summed E-state index contributed by atoms with van der Waals surface area (Å²) in [5.41, 5.74) is -0.456. The van der Waals surface area contributed by atoms with Crippen molar-refractivity contribution in [3.8, 4) is 22.9 Å².